The van der Waals surface area contributed by atoms with E-state index >= 15 is 0 Å². The SMILES string of the molecule is C#CC1(CC(F)F)CCCN1C(=O)OC(C)(C)C. The second-order valence-corrected chi connectivity index (χ2v) is 5.51. The van der Waals surface area contributed by atoms with E-state index in [4.69, 9.17) is 11.2 Å². The predicted octanol–water partition coefficient (Wildman–Crippen LogP) is 3.04. The number of halogens is 2. The Labute approximate surface area is 106 Å². The van der Waals surface area contributed by atoms with Gasteiger partial charge in [0.2, 0.25) is 6.43 Å². The molecule has 18 heavy (non-hydrogen) atoms. The Bertz CT molecular complexity index is 357. The molecule has 0 N–H and O–H groups in total. The maximum atomic E-state index is 12.6. The van der Waals surface area contributed by atoms with Crippen LogP contribution < -0.4 is 0 Å². The van der Waals surface area contributed by atoms with E-state index in [2.05, 4.69) is 5.92 Å². The number of nitrogens with zero attached hydrogens (tertiary/aromatic N) is 1. The van der Waals surface area contributed by atoms with Gasteiger partial charge in [0.05, 0.1) is 0 Å². The number of ether oxygens (including phenoxy) is 1. The van der Waals surface area contributed by atoms with E-state index in [-0.39, 0.29) is 0 Å². The second-order valence-electron chi connectivity index (χ2n) is 5.51. The summed E-state index contributed by atoms with van der Waals surface area (Å²) < 4.78 is 30.4. The molecule has 0 aromatic heterocycles. The van der Waals surface area contributed by atoms with Gasteiger partial charge in [-0.25, -0.2) is 13.6 Å². The first-order valence-corrected chi connectivity index (χ1v) is 5.97. The summed E-state index contributed by atoms with van der Waals surface area (Å²) in [6, 6.07) is 0. The molecule has 0 aromatic carbocycles. The van der Waals surface area contributed by atoms with Gasteiger partial charge in [-0.05, 0) is 33.6 Å². The Morgan fingerprint density at radius 2 is 2.17 bits per heavy atom. The van der Waals surface area contributed by atoms with Crippen LogP contribution in [0, 0.1) is 12.3 Å². The molecular formula is C13H19F2NO2. The summed E-state index contributed by atoms with van der Waals surface area (Å²) in [5, 5.41) is 0. The second kappa shape index (κ2) is 5.13. The van der Waals surface area contributed by atoms with Crippen LogP contribution in [0.5, 0.6) is 0 Å². The molecule has 1 atom stereocenters. The van der Waals surface area contributed by atoms with Gasteiger partial charge in [0.25, 0.3) is 0 Å². The van der Waals surface area contributed by atoms with E-state index in [0.29, 0.717) is 19.4 Å². The fourth-order valence-corrected chi connectivity index (χ4v) is 2.14. The highest BCUT2D eigenvalue weighted by Crippen LogP contribution is 2.35. The summed E-state index contributed by atoms with van der Waals surface area (Å²) in [5.41, 5.74) is -1.86. The summed E-state index contributed by atoms with van der Waals surface area (Å²) in [5.74, 6) is 2.37. The molecule has 1 rings (SSSR count). The van der Waals surface area contributed by atoms with Gasteiger partial charge in [0.1, 0.15) is 11.1 Å². The molecule has 102 valence electrons. The van der Waals surface area contributed by atoms with Crippen LogP contribution in [-0.2, 0) is 4.74 Å². The van der Waals surface area contributed by atoms with Gasteiger partial charge in [0, 0.05) is 13.0 Å². The maximum absolute atomic E-state index is 12.6. The molecule has 1 aliphatic heterocycles. The van der Waals surface area contributed by atoms with E-state index in [9.17, 15) is 13.6 Å². The van der Waals surface area contributed by atoms with E-state index in [0.717, 1.165) is 0 Å². The lowest BCUT2D eigenvalue weighted by atomic mass is 9.93. The van der Waals surface area contributed by atoms with Gasteiger partial charge in [-0.15, -0.1) is 6.42 Å². The normalized spacial score (nSPS) is 24.2. The van der Waals surface area contributed by atoms with Crippen molar-refractivity contribution in [3.63, 3.8) is 0 Å². The third-order valence-corrected chi connectivity index (χ3v) is 2.86. The summed E-state index contributed by atoms with van der Waals surface area (Å²) in [6.45, 7) is 5.55. The minimum atomic E-state index is -2.54. The van der Waals surface area contributed by atoms with Crippen molar-refractivity contribution in [2.24, 2.45) is 0 Å². The fourth-order valence-electron chi connectivity index (χ4n) is 2.14. The van der Waals surface area contributed by atoms with Crippen LogP contribution >= 0.6 is 0 Å². The van der Waals surface area contributed by atoms with E-state index in [1.54, 1.807) is 20.8 Å². The molecule has 0 aliphatic carbocycles. The molecule has 1 fully saturated rings. The maximum Gasteiger partial charge on any atom is 0.411 e. The zero-order chi connectivity index (χ0) is 14.0. The smallest absolute Gasteiger partial charge is 0.411 e. The van der Waals surface area contributed by atoms with Crippen molar-refractivity contribution >= 4 is 6.09 Å². The summed E-state index contributed by atoms with van der Waals surface area (Å²) in [4.78, 5) is 13.2. The first-order chi connectivity index (χ1) is 8.20. The van der Waals surface area contributed by atoms with Gasteiger partial charge < -0.3 is 4.74 Å². The summed E-state index contributed by atoms with van der Waals surface area (Å²) >= 11 is 0. The van der Waals surface area contributed by atoms with Gasteiger partial charge in [-0.2, -0.15) is 0 Å². The van der Waals surface area contributed by atoms with Crippen molar-refractivity contribution in [1.82, 2.24) is 4.90 Å². The van der Waals surface area contributed by atoms with E-state index < -0.39 is 30.1 Å². The van der Waals surface area contributed by atoms with Crippen molar-refractivity contribution in [1.29, 1.82) is 0 Å². The predicted molar refractivity (Wildman–Crippen MR) is 64.4 cm³/mol. The molecule has 0 saturated carbocycles. The Morgan fingerprint density at radius 1 is 1.56 bits per heavy atom. The van der Waals surface area contributed by atoms with Crippen molar-refractivity contribution in [2.45, 2.75) is 57.6 Å². The molecule has 0 bridgehead atoms. The third-order valence-electron chi connectivity index (χ3n) is 2.86. The standard InChI is InChI=1S/C13H19F2NO2/c1-5-13(9-10(14)15)7-6-8-16(13)11(17)18-12(2,3)4/h1,10H,6-9H2,2-4H3. The van der Waals surface area contributed by atoms with E-state index in [1.807, 2.05) is 0 Å². The molecule has 1 saturated heterocycles. The Kier molecular flexibility index (Phi) is 4.20. The minimum absolute atomic E-state index is 0.367. The third kappa shape index (κ3) is 3.34. The highest BCUT2D eigenvalue weighted by molar-refractivity contribution is 5.70. The number of hydrogen-bond acceptors (Lipinski definition) is 2. The fraction of sp³-hybridized carbons (Fsp3) is 0.769. The molecule has 1 aliphatic rings. The summed E-state index contributed by atoms with van der Waals surface area (Å²) in [6.07, 6.45) is 2.75. The quantitative estimate of drug-likeness (QED) is 0.713. The first-order valence-electron chi connectivity index (χ1n) is 5.97. The molecule has 3 nitrogen and oxygen atoms in total. The topological polar surface area (TPSA) is 29.5 Å². The molecule has 0 spiro atoms. The van der Waals surface area contributed by atoms with Gasteiger partial charge >= 0.3 is 6.09 Å². The summed E-state index contributed by atoms with van der Waals surface area (Å²) in [7, 11) is 0. The number of alkyl halides is 2. The minimum Gasteiger partial charge on any atom is -0.444 e. The average molecular weight is 259 g/mol. The largest absolute Gasteiger partial charge is 0.444 e. The van der Waals surface area contributed by atoms with Crippen molar-refractivity contribution in [2.75, 3.05) is 6.54 Å². The van der Waals surface area contributed by atoms with Crippen molar-refractivity contribution in [3.05, 3.63) is 0 Å². The molecule has 5 heteroatoms. The lowest BCUT2D eigenvalue weighted by Gasteiger charge is -2.35. The lowest BCUT2D eigenvalue weighted by Crippen LogP contribution is -2.49. The van der Waals surface area contributed by atoms with Crippen LogP contribution in [0.25, 0.3) is 0 Å². The molecule has 0 radical (unpaired) electrons. The van der Waals surface area contributed by atoms with Gasteiger partial charge in [-0.3, -0.25) is 4.90 Å². The van der Waals surface area contributed by atoms with Crippen LogP contribution in [0.2, 0.25) is 0 Å². The van der Waals surface area contributed by atoms with Crippen LogP contribution in [0.1, 0.15) is 40.0 Å². The van der Waals surface area contributed by atoms with Crippen LogP contribution in [-0.4, -0.2) is 35.1 Å². The van der Waals surface area contributed by atoms with Gasteiger partial charge in [-0.1, -0.05) is 5.92 Å². The molecule has 0 aromatic rings. The highest BCUT2D eigenvalue weighted by Gasteiger charge is 2.45. The molecular weight excluding hydrogens is 240 g/mol. The van der Waals surface area contributed by atoms with Crippen LogP contribution in [0.15, 0.2) is 0 Å². The lowest BCUT2D eigenvalue weighted by molar-refractivity contribution is 0.00551. The number of carbonyl (C=O) groups is 1. The number of likely N-dealkylation sites (tertiary alicyclic amines) is 1. The number of hydrogen-bond donors (Lipinski definition) is 0. The van der Waals surface area contributed by atoms with Crippen LogP contribution in [0.4, 0.5) is 13.6 Å². The zero-order valence-corrected chi connectivity index (χ0v) is 11.0. The highest BCUT2D eigenvalue weighted by atomic mass is 19.3. The molecule has 1 amide bonds. The zero-order valence-electron chi connectivity index (χ0n) is 11.0. The Morgan fingerprint density at radius 3 is 2.61 bits per heavy atom. The molecule has 1 heterocycles. The first kappa shape index (κ1) is 14.7. The van der Waals surface area contributed by atoms with Crippen molar-refractivity contribution in [3.8, 4) is 12.3 Å². The number of rotatable bonds is 2. The Balaban J connectivity index is 2.86. The number of carbonyl (C=O) groups excluding carboxylic acids is 1. The Hall–Kier alpha value is -1.31. The average Bonchev–Trinajstić information content (AvgIpc) is 2.58. The van der Waals surface area contributed by atoms with Gasteiger partial charge in [0.15, 0.2) is 0 Å². The molecule has 1 unspecified atom stereocenters. The van der Waals surface area contributed by atoms with Crippen LogP contribution in [0.3, 0.4) is 0 Å². The number of amides is 1. The monoisotopic (exact) mass is 259 g/mol. The van der Waals surface area contributed by atoms with E-state index in [1.165, 1.54) is 4.90 Å². The van der Waals surface area contributed by atoms with Crippen molar-refractivity contribution < 1.29 is 18.3 Å². The number of terminal acetylenes is 1.